The van der Waals surface area contributed by atoms with E-state index in [9.17, 15) is 9.59 Å². The topological polar surface area (TPSA) is 77.0 Å². The van der Waals surface area contributed by atoms with Gasteiger partial charge in [-0.05, 0) is 38.1 Å². The second kappa shape index (κ2) is 8.97. The molecule has 0 aromatic heterocycles. The van der Waals surface area contributed by atoms with Gasteiger partial charge in [0.15, 0.2) is 0 Å². The highest BCUT2D eigenvalue weighted by Gasteiger charge is 2.21. The molecule has 0 amide bonds. The van der Waals surface area contributed by atoms with Crippen molar-refractivity contribution in [1.82, 2.24) is 0 Å². The van der Waals surface area contributed by atoms with Gasteiger partial charge in [-0.15, -0.1) is 11.6 Å². The molecule has 0 aliphatic rings. The summed E-state index contributed by atoms with van der Waals surface area (Å²) in [7, 11) is 0. The predicted octanol–water partition coefficient (Wildman–Crippen LogP) is 2.22. The SMILES string of the molecule is CCOC(=O)/C(=N\Nc1ccc(OCC)cc1)C(=O)CCl. The van der Waals surface area contributed by atoms with Crippen LogP contribution in [0.1, 0.15) is 13.8 Å². The van der Waals surface area contributed by atoms with Crippen molar-refractivity contribution in [2.45, 2.75) is 13.8 Å². The van der Waals surface area contributed by atoms with E-state index in [1.165, 1.54) is 0 Å². The number of carbonyl (C=O) groups excluding carboxylic acids is 2. The summed E-state index contributed by atoms with van der Waals surface area (Å²) in [5, 5.41) is 3.78. The molecule has 21 heavy (non-hydrogen) atoms. The van der Waals surface area contributed by atoms with Gasteiger partial charge in [0.2, 0.25) is 11.5 Å². The van der Waals surface area contributed by atoms with Crippen molar-refractivity contribution in [2.24, 2.45) is 5.10 Å². The second-order valence-electron chi connectivity index (χ2n) is 3.81. The molecule has 1 N–H and O–H groups in total. The number of Topliss-reactive ketones (excluding diaryl/α,β-unsaturated/α-hetero) is 1. The van der Waals surface area contributed by atoms with Crippen molar-refractivity contribution in [3.05, 3.63) is 24.3 Å². The number of rotatable bonds is 8. The van der Waals surface area contributed by atoms with E-state index in [2.05, 4.69) is 10.5 Å². The van der Waals surface area contributed by atoms with E-state index in [1.54, 1.807) is 31.2 Å². The number of ether oxygens (including phenoxy) is 2. The lowest BCUT2D eigenvalue weighted by molar-refractivity contribution is -0.135. The maximum Gasteiger partial charge on any atom is 0.362 e. The van der Waals surface area contributed by atoms with E-state index in [0.29, 0.717) is 12.3 Å². The van der Waals surface area contributed by atoms with Gasteiger partial charge in [-0.25, -0.2) is 4.79 Å². The molecule has 0 aliphatic heterocycles. The number of esters is 1. The smallest absolute Gasteiger partial charge is 0.362 e. The zero-order valence-electron chi connectivity index (χ0n) is 11.9. The highest BCUT2D eigenvalue weighted by Crippen LogP contribution is 2.15. The third-order valence-corrected chi connectivity index (χ3v) is 2.56. The molecule has 7 heteroatoms. The van der Waals surface area contributed by atoms with E-state index in [4.69, 9.17) is 21.1 Å². The second-order valence-corrected chi connectivity index (χ2v) is 4.07. The molecule has 0 spiro atoms. The van der Waals surface area contributed by atoms with Crippen molar-refractivity contribution in [1.29, 1.82) is 0 Å². The first-order valence-corrected chi connectivity index (χ1v) is 6.98. The van der Waals surface area contributed by atoms with Crippen LogP contribution in [-0.2, 0) is 14.3 Å². The molecule has 0 fully saturated rings. The number of benzene rings is 1. The predicted molar refractivity (Wildman–Crippen MR) is 81.0 cm³/mol. The molecule has 0 aliphatic carbocycles. The van der Waals surface area contributed by atoms with Crippen LogP contribution in [0.15, 0.2) is 29.4 Å². The fourth-order valence-electron chi connectivity index (χ4n) is 1.40. The Morgan fingerprint density at radius 2 is 1.86 bits per heavy atom. The summed E-state index contributed by atoms with van der Waals surface area (Å²) in [5.74, 6) is -1.03. The van der Waals surface area contributed by atoms with E-state index in [0.717, 1.165) is 5.75 Å². The van der Waals surface area contributed by atoms with Gasteiger partial charge in [-0.3, -0.25) is 10.2 Å². The highest BCUT2D eigenvalue weighted by atomic mass is 35.5. The lowest BCUT2D eigenvalue weighted by atomic mass is 10.3. The quantitative estimate of drug-likeness (QED) is 0.262. The van der Waals surface area contributed by atoms with Crippen LogP contribution in [0.25, 0.3) is 0 Å². The zero-order chi connectivity index (χ0) is 15.7. The lowest BCUT2D eigenvalue weighted by Crippen LogP contribution is -2.28. The number of anilines is 1. The average molecular weight is 313 g/mol. The van der Waals surface area contributed by atoms with E-state index < -0.39 is 11.8 Å². The Hall–Kier alpha value is -2.08. The third kappa shape index (κ3) is 5.43. The Balaban J connectivity index is 2.81. The van der Waals surface area contributed by atoms with E-state index >= 15 is 0 Å². The molecule has 1 rings (SSSR count). The highest BCUT2D eigenvalue weighted by molar-refractivity contribution is 6.67. The van der Waals surface area contributed by atoms with Crippen molar-refractivity contribution >= 4 is 34.8 Å². The fourth-order valence-corrected chi connectivity index (χ4v) is 1.52. The summed E-state index contributed by atoms with van der Waals surface area (Å²) in [6, 6.07) is 6.91. The molecule has 0 saturated heterocycles. The molecule has 0 bridgehead atoms. The first-order chi connectivity index (χ1) is 10.1. The van der Waals surface area contributed by atoms with E-state index in [1.807, 2.05) is 6.92 Å². The minimum atomic E-state index is -0.804. The van der Waals surface area contributed by atoms with Gasteiger partial charge < -0.3 is 9.47 Å². The molecular formula is C14H17ClN2O4. The van der Waals surface area contributed by atoms with Gasteiger partial charge in [0.05, 0.1) is 24.8 Å². The fraction of sp³-hybridized carbons (Fsp3) is 0.357. The first kappa shape index (κ1) is 17.0. The van der Waals surface area contributed by atoms with Crippen molar-refractivity contribution in [3.63, 3.8) is 0 Å². The number of nitrogens with zero attached hydrogens (tertiary/aromatic N) is 1. The van der Waals surface area contributed by atoms with Gasteiger partial charge >= 0.3 is 5.97 Å². The summed E-state index contributed by atoms with van der Waals surface area (Å²) in [4.78, 5) is 23.2. The molecule has 1 aromatic rings. The van der Waals surface area contributed by atoms with Crippen LogP contribution in [0.3, 0.4) is 0 Å². The van der Waals surface area contributed by atoms with Gasteiger partial charge in [0, 0.05) is 0 Å². The van der Waals surface area contributed by atoms with Crippen molar-refractivity contribution in [3.8, 4) is 5.75 Å². The molecule has 0 heterocycles. The van der Waals surface area contributed by atoms with Crippen LogP contribution in [-0.4, -0.2) is 36.6 Å². The molecule has 0 atom stereocenters. The largest absolute Gasteiger partial charge is 0.494 e. The molecule has 6 nitrogen and oxygen atoms in total. The average Bonchev–Trinajstić information content (AvgIpc) is 2.49. The number of hydrazone groups is 1. The maximum atomic E-state index is 11.6. The van der Waals surface area contributed by atoms with Crippen molar-refractivity contribution < 1.29 is 19.1 Å². The van der Waals surface area contributed by atoms with Crippen LogP contribution >= 0.6 is 11.6 Å². The molecular weight excluding hydrogens is 296 g/mol. The third-order valence-electron chi connectivity index (χ3n) is 2.32. The number of alkyl halides is 1. The number of hydrogen-bond acceptors (Lipinski definition) is 6. The number of ketones is 1. The molecule has 0 unspecified atom stereocenters. The number of nitrogens with one attached hydrogen (secondary N) is 1. The molecule has 0 saturated carbocycles. The Morgan fingerprint density at radius 3 is 2.38 bits per heavy atom. The normalized spacial score (nSPS) is 10.9. The van der Waals surface area contributed by atoms with Gasteiger partial charge in [0.1, 0.15) is 5.75 Å². The summed E-state index contributed by atoms with van der Waals surface area (Å²) < 4.78 is 10.1. The van der Waals surface area contributed by atoms with E-state index in [-0.39, 0.29) is 18.2 Å². The maximum absolute atomic E-state index is 11.6. The molecule has 0 radical (unpaired) electrons. The van der Waals surface area contributed by atoms with Gasteiger partial charge in [-0.1, -0.05) is 0 Å². The van der Waals surface area contributed by atoms with Crippen LogP contribution in [0.4, 0.5) is 5.69 Å². The molecule has 1 aromatic carbocycles. The van der Waals surface area contributed by atoms with Gasteiger partial charge in [-0.2, -0.15) is 5.10 Å². The van der Waals surface area contributed by atoms with Crippen LogP contribution in [0.5, 0.6) is 5.75 Å². The summed E-state index contributed by atoms with van der Waals surface area (Å²) in [5.41, 5.74) is 2.86. The summed E-state index contributed by atoms with van der Waals surface area (Å²) in [6.07, 6.45) is 0. The minimum Gasteiger partial charge on any atom is -0.494 e. The Bertz CT molecular complexity index is 514. The van der Waals surface area contributed by atoms with Crippen LogP contribution in [0.2, 0.25) is 0 Å². The first-order valence-electron chi connectivity index (χ1n) is 6.45. The zero-order valence-corrected chi connectivity index (χ0v) is 12.6. The Kier molecular flexibility index (Phi) is 7.25. The molecule has 114 valence electrons. The van der Waals surface area contributed by atoms with Crippen molar-refractivity contribution in [2.75, 3.05) is 24.5 Å². The standard InChI is InChI=1S/C14H17ClN2O4/c1-3-20-11-7-5-10(6-8-11)16-17-13(12(18)9-15)14(19)21-4-2/h5-8,16H,3-4,9H2,1-2H3/b17-13-. The monoisotopic (exact) mass is 312 g/mol. The van der Waals surface area contributed by atoms with Crippen LogP contribution < -0.4 is 10.2 Å². The Labute approximate surface area is 128 Å². The minimum absolute atomic E-state index is 0.149. The van der Waals surface area contributed by atoms with Gasteiger partial charge in [0.25, 0.3) is 0 Å². The Morgan fingerprint density at radius 1 is 1.19 bits per heavy atom. The number of hydrogen-bond donors (Lipinski definition) is 1. The van der Waals surface area contributed by atoms with Crippen LogP contribution in [0, 0.1) is 0 Å². The summed E-state index contributed by atoms with van der Waals surface area (Å²) >= 11 is 5.45. The number of carbonyl (C=O) groups is 2. The summed E-state index contributed by atoms with van der Waals surface area (Å²) in [6.45, 7) is 4.25. The number of halogens is 1. The lowest BCUT2D eigenvalue weighted by Gasteiger charge is -2.06.